The molecule has 0 radical (unpaired) electrons. The minimum absolute atomic E-state index is 0.208. The Balaban J connectivity index is 2.11. The van der Waals surface area contributed by atoms with E-state index in [0.717, 1.165) is 11.1 Å². The highest BCUT2D eigenvalue weighted by Gasteiger charge is 2.29. The number of hydrogen-bond donors (Lipinski definition) is 2. The molecule has 1 unspecified atom stereocenters. The highest BCUT2D eigenvalue weighted by molar-refractivity contribution is 6.30. The third kappa shape index (κ3) is 3.10. The molecule has 0 saturated carbocycles. The van der Waals surface area contributed by atoms with E-state index in [1.807, 2.05) is 12.1 Å². The molecular formula is C17H14ClN3O2. The van der Waals surface area contributed by atoms with Crippen LogP contribution in [-0.2, 0) is 4.79 Å². The number of amidine groups is 1. The van der Waals surface area contributed by atoms with Gasteiger partial charge in [-0.25, -0.2) is 4.79 Å². The summed E-state index contributed by atoms with van der Waals surface area (Å²) in [5.41, 5.74) is 2.29. The number of carboxylic acids is 1. The normalized spacial score (nSPS) is 17.5. The molecular weight excluding hydrogens is 314 g/mol. The average Bonchev–Trinajstić information content (AvgIpc) is 2.54. The van der Waals surface area contributed by atoms with Gasteiger partial charge in [0.15, 0.2) is 0 Å². The lowest BCUT2D eigenvalue weighted by Gasteiger charge is -2.25. The molecule has 1 aromatic carbocycles. The molecule has 0 spiro atoms. The first-order valence-electron chi connectivity index (χ1n) is 7.01. The highest BCUT2D eigenvalue weighted by atomic mass is 35.5. The van der Waals surface area contributed by atoms with E-state index in [1.165, 1.54) is 0 Å². The summed E-state index contributed by atoms with van der Waals surface area (Å²) in [5, 5.41) is 13.2. The zero-order valence-corrected chi connectivity index (χ0v) is 13.1. The van der Waals surface area contributed by atoms with Crippen molar-refractivity contribution in [3.8, 4) is 0 Å². The molecule has 1 atom stereocenters. The van der Waals surface area contributed by atoms with Crippen LogP contribution in [0.4, 0.5) is 0 Å². The van der Waals surface area contributed by atoms with Crippen LogP contribution in [0.25, 0.3) is 0 Å². The topological polar surface area (TPSA) is 74.6 Å². The van der Waals surface area contributed by atoms with Crippen molar-refractivity contribution in [3.05, 3.63) is 76.2 Å². The van der Waals surface area contributed by atoms with Crippen LogP contribution in [0.15, 0.2) is 65.1 Å². The summed E-state index contributed by atoms with van der Waals surface area (Å²) >= 11 is 6.04. The van der Waals surface area contributed by atoms with Crippen LogP contribution < -0.4 is 5.32 Å². The van der Waals surface area contributed by atoms with E-state index in [1.54, 1.807) is 43.6 Å². The van der Waals surface area contributed by atoms with Gasteiger partial charge in [-0.3, -0.25) is 9.98 Å². The number of carboxylic acid groups (broad SMARTS) is 1. The molecule has 0 saturated heterocycles. The Bertz CT molecular complexity index is 816. The summed E-state index contributed by atoms with van der Waals surface area (Å²) < 4.78 is 0. The first kappa shape index (κ1) is 15.2. The monoisotopic (exact) mass is 327 g/mol. The number of pyridine rings is 1. The van der Waals surface area contributed by atoms with Crippen molar-refractivity contribution >= 4 is 23.4 Å². The van der Waals surface area contributed by atoms with E-state index in [2.05, 4.69) is 15.3 Å². The van der Waals surface area contributed by atoms with Crippen LogP contribution in [0, 0.1) is 0 Å². The van der Waals surface area contributed by atoms with Gasteiger partial charge in [0.1, 0.15) is 11.9 Å². The van der Waals surface area contributed by atoms with Gasteiger partial charge in [0, 0.05) is 28.7 Å². The molecule has 0 aliphatic carbocycles. The molecule has 0 fully saturated rings. The Morgan fingerprint density at radius 1 is 1.30 bits per heavy atom. The number of rotatable bonds is 3. The standard InChI is InChI=1S/C17H14ClN3O2/c1-10-14(17(22)23)15(11-4-2-6-13(18)8-11)21-16(20-10)12-5-3-7-19-9-12/h2-9,15H,1H3,(H,20,21)(H,22,23). The molecule has 3 rings (SSSR count). The maximum Gasteiger partial charge on any atom is 0.335 e. The van der Waals surface area contributed by atoms with Crippen LogP contribution in [0.3, 0.4) is 0 Å². The van der Waals surface area contributed by atoms with E-state index in [-0.39, 0.29) is 5.57 Å². The third-order valence-electron chi connectivity index (χ3n) is 3.57. The highest BCUT2D eigenvalue weighted by Crippen LogP contribution is 2.32. The van der Waals surface area contributed by atoms with Crippen LogP contribution in [0.5, 0.6) is 0 Å². The van der Waals surface area contributed by atoms with Crippen molar-refractivity contribution in [2.45, 2.75) is 13.0 Å². The van der Waals surface area contributed by atoms with Gasteiger partial charge in [0.25, 0.3) is 0 Å². The van der Waals surface area contributed by atoms with Gasteiger partial charge in [0.05, 0.1) is 5.57 Å². The number of aromatic nitrogens is 1. The van der Waals surface area contributed by atoms with E-state index >= 15 is 0 Å². The molecule has 1 aliphatic heterocycles. The van der Waals surface area contributed by atoms with Gasteiger partial charge in [-0.05, 0) is 36.8 Å². The predicted molar refractivity (Wildman–Crippen MR) is 88.4 cm³/mol. The fourth-order valence-electron chi connectivity index (χ4n) is 2.52. The lowest BCUT2D eigenvalue weighted by Crippen LogP contribution is -2.32. The van der Waals surface area contributed by atoms with Gasteiger partial charge in [0.2, 0.25) is 0 Å². The van der Waals surface area contributed by atoms with Crippen LogP contribution >= 0.6 is 11.6 Å². The number of nitrogens with one attached hydrogen (secondary N) is 1. The minimum Gasteiger partial charge on any atom is -0.478 e. The van der Waals surface area contributed by atoms with Crippen molar-refractivity contribution in [1.82, 2.24) is 10.3 Å². The number of nitrogens with zero attached hydrogens (tertiary/aromatic N) is 2. The fourth-order valence-corrected chi connectivity index (χ4v) is 2.72. The van der Waals surface area contributed by atoms with Gasteiger partial charge < -0.3 is 10.4 Å². The van der Waals surface area contributed by atoms with Crippen molar-refractivity contribution < 1.29 is 9.90 Å². The zero-order chi connectivity index (χ0) is 16.4. The summed E-state index contributed by atoms with van der Waals surface area (Å²) in [6, 6.07) is 10.1. The number of carbonyl (C=O) groups is 1. The lowest BCUT2D eigenvalue weighted by molar-refractivity contribution is -0.133. The van der Waals surface area contributed by atoms with E-state index in [0.29, 0.717) is 16.6 Å². The van der Waals surface area contributed by atoms with Crippen molar-refractivity contribution in [2.75, 3.05) is 0 Å². The van der Waals surface area contributed by atoms with Crippen LogP contribution in [0.2, 0.25) is 5.02 Å². The van der Waals surface area contributed by atoms with E-state index < -0.39 is 12.0 Å². The zero-order valence-electron chi connectivity index (χ0n) is 12.3. The maximum atomic E-state index is 11.7. The summed E-state index contributed by atoms with van der Waals surface area (Å²) in [6.45, 7) is 1.73. The number of hydrogen-bond acceptors (Lipinski definition) is 4. The molecule has 23 heavy (non-hydrogen) atoms. The van der Waals surface area contributed by atoms with Crippen molar-refractivity contribution in [2.24, 2.45) is 4.99 Å². The number of allylic oxidation sites excluding steroid dienone is 1. The Morgan fingerprint density at radius 2 is 2.13 bits per heavy atom. The summed E-state index contributed by atoms with van der Waals surface area (Å²) in [5.74, 6) is -0.417. The molecule has 5 nitrogen and oxygen atoms in total. The Morgan fingerprint density at radius 3 is 2.78 bits per heavy atom. The van der Waals surface area contributed by atoms with Crippen LogP contribution in [-0.4, -0.2) is 21.9 Å². The Labute approximate surface area is 138 Å². The smallest absolute Gasteiger partial charge is 0.335 e. The molecule has 2 heterocycles. The Hall–Kier alpha value is -2.66. The lowest BCUT2D eigenvalue weighted by atomic mass is 9.95. The third-order valence-corrected chi connectivity index (χ3v) is 3.81. The van der Waals surface area contributed by atoms with Gasteiger partial charge in [-0.1, -0.05) is 23.7 Å². The molecule has 2 aromatic rings. The molecule has 0 amide bonds. The summed E-state index contributed by atoms with van der Waals surface area (Å²) in [6.07, 6.45) is 3.35. The summed E-state index contributed by atoms with van der Waals surface area (Å²) in [4.78, 5) is 20.3. The van der Waals surface area contributed by atoms with Gasteiger partial charge >= 0.3 is 5.97 Å². The first-order valence-corrected chi connectivity index (χ1v) is 7.39. The number of benzene rings is 1. The first-order chi connectivity index (χ1) is 11.1. The molecule has 1 aromatic heterocycles. The quantitative estimate of drug-likeness (QED) is 0.908. The van der Waals surface area contributed by atoms with Gasteiger partial charge in [-0.15, -0.1) is 0 Å². The van der Waals surface area contributed by atoms with E-state index in [4.69, 9.17) is 11.6 Å². The number of aliphatic carboxylic acids is 1. The van der Waals surface area contributed by atoms with Crippen LogP contribution in [0.1, 0.15) is 24.1 Å². The second-order valence-electron chi connectivity index (χ2n) is 5.15. The minimum atomic E-state index is -1.01. The predicted octanol–water partition coefficient (Wildman–Crippen LogP) is 3.18. The Kier molecular flexibility index (Phi) is 4.12. The largest absolute Gasteiger partial charge is 0.478 e. The molecule has 1 aliphatic rings. The van der Waals surface area contributed by atoms with E-state index in [9.17, 15) is 9.90 Å². The maximum absolute atomic E-state index is 11.7. The SMILES string of the molecule is CC1=C(C(=O)O)C(c2cccc(Cl)c2)N=C(c2cccnc2)N1. The fraction of sp³-hybridized carbons (Fsp3) is 0.118. The second kappa shape index (κ2) is 6.22. The van der Waals surface area contributed by atoms with Crippen molar-refractivity contribution in [3.63, 3.8) is 0 Å². The van der Waals surface area contributed by atoms with Gasteiger partial charge in [-0.2, -0.15) is 0 Å². The number of aliphatic imine (C=N–C) groups is 1. The molecule has 6 heteroatoms. The second-order valence-corrected chi connectivity index (χ2v) is 5.58. The number of halogens is 1. The summed E-state index contributed by atoms with van der Waals surface area (Å²) in [7, 11) is 0. The molecule has 116 valence electrons. The van der Waals surface area contributed by atoms with Crippen molar-refractivity contribution in [1.29, 1.82) is 0 Å². The molecule has 0 bridgehead atoms. The average molecular weight is 328 g/mol. The molecule has 2 N–H and O–H groups in total.